The summed E-state index contributed by atoms with van der Waals surface area (Å²) in [5.74, 6) is -1.50. The number of rotatable bonds is 3. The number of carbonyl (C=O) groups is 1. The first kappa shape index (κ1) is 13.9. The highest BCUT2D eigenvalue weighted by molar-refractivity contribution is 5.72. The van der Waals surface area contributed by atoms with Gasteiger partial charge in [0, 0.05) is 19.2 Å². The molecule has 1 saturated heterocycles. The van der Waals surface area contributed by atoms with Gasteiger partial charge in [-0.05, 0) is 37.1 Å². The molecule has 1 fully saturated rings. The van der Waals surface area contributed by atoms with Crippen molar-refractivity contribution in [3.8, 4) is 0 Å². The third-order valence-electron chi connectivity index (χ3n) is 3.37. The Bertz CT molecular complexity index is 445. The lowest BCUT2D eigenvalue weighted by molar-refractivity contribution is -0.147. The Morgan fingerprint density at radius 2 is 2.05 bits per heavy atom. The summed E-state index contributed by atoms with van der Waals surface area (Å²) in [4.78, 5) is 13.5. The number of halogens is 2. The summed E-state index contributed by atoms with van der Waals surface area (Å²) in [7, 11) is 1.38. The molecule has 1 aliphatic heterocycles. The minimum Gasteiger partial charge on any atom is -0.469 e. The van der Waals surface area contributed by atoms with E-state index in [4.69, 9.17) is 4.74 Å². The molecule has 3 nitrogen and oxygen atoms in total. The summed E-state index contributed by atoms with van der Waals surface area (Å²) in [5.41, 5.74) is 0.586. The van der Waals surface area contributed by atoms with Gasteiger partial charge in [-0.1, -0.05) is 0 Å². The molecule has 0 aromatic heterocycles. The van der Waals surface area contributed by atoms with E-state index in [1.807, 2.05) is 4.90 Å². The van der Waals surface area contributed by atoms with Crippen LogP contribution >= 0.6 is 0 Å². The maximum absolute atomic E-state index is 13.1. The molecule has 1 aromatic carbocycles. The van der Waals surface area contributed by atoms with E-state index in [-0.39, 0.29) is 11.9 Å². The van der Waals surface area contributed by atoms with Gasteiger partial charge in [-0.15, -0.1) is 0 Å². The molecule has 0 saturated carbocycles. The van der Waals surface area contributed by atoms with Crippen molar-refractivity contribution in [2.75, 3.05) is 20.2 Å². The standard InChI is InChI=1S/C14H17F2NO2/c1-19-14(18)11-3-2-4-17(9-11)8-10-5-12(15)7-13(16)6-10/h5-7,11H,2-4,8-9H2,1H3/t11-/m0/s1. The number of carbonyl (C=O) groups excluding carboxylic acids is 1. The minimum absolute atomic E-state index is 0.142. The topological polar surface area (TPSA) is 29.5 Å². The summed E-state index contributed by atoms with van der Waals surface area (Å²) >= 11 is 0. The molecule has 0 aliphatic carbocycles. The summed E-state index contributed by atoms with van der Waals surface area (Å²) in [5, 5.41) is 0. The molecular formula is C14H17F2NO2. The molecule has 0 spiro atoms. The highest BCUT2D eigenvalue weighted by Gasteiger charge is 2.26. The summed E-state index contributed by atoms with van der Waals surface area (Å²) < 4.78 is 31.0. The SMILES string of the molecule is COC(=O)[C@H]1CCCN(Cc2cc(F)cc(F)c2)C1. The Balaban J connectivity index is 2.00. The number of hydrogen-bond donors (Lipinski definition) is 0. The van der Waals surface area contributed by atoms with Crippen LogP contribution < -0.4 is 0 Å². The predicted molar refractivity (Wildman–Crippen MR) is 66.4 cm³/mol. The zero-order valence-electron chi connectivity index (χ0n) is 10.9. The van der Waals surface area contributed by atoms with Crippen LogP contribution in [0.1, 0.15) is 18.4 Å². The third-order valence-corrected chi connectivity index (χ3v) is 3.37. The van der Waals surface area contributed by atoms with Crippen molar-refractivity contribution in [2.45, 2.75) is 19.4 Å². The molecule has 1 aliphatic rings. The molecule has 19 heavy (non-hydrogen) atoms. The molecule has 1 heterocycles. The lowest BCUT2D eigenvalue weighted by Crippen LogP contribution is -2.38. The minimum atomic E-state index is -0.573. The van der Waals surface area contributed by atoms with E-state index in [1.54, 1.807) is 0 Å². The number of piperidine rings is 1. The Labute approximate surface area is 111 Å². The second-order valence-electron chi connectivity index (χ2n) is 4.88. The van der Waals surface area contributed by atoms with Gasteiger partial charge in [0.25, 0.3) is 0 Å². The van der Waals surface area contributed by atoms with E-state index in [0.717, 1.165) is 25.5 Å². The van der Waals surface area contributed by atoms with Crippen molar-refractivity contribution in [3.63, 3.8) is 0 Å². The predicted octanol–water partition coefficient (Wildman–Crippen LogP) is 2.35. The number of likely N-dealkylation sites (tertiary alicyclic amines) is 1. The lowest BCUT2D eigenvalue weighted by Gasteiger charge is -2.31. The Hall–Kier alpha value is -1.49. The molecule has 0 N–H and O–H groups in total. The molecule has 2 rings (SSSR count). The van der Waals surface area contributed by atoms with Gasteiger partial charge < -0.3 is 4.74 Å². The van der Waals surface area contributed by atoms with Crippen LogP contribution in [0, 0.1) is 17.6 Å². The van der Waals surface area contributed by atoms with Crippen LogP contribution in [-0.2, 0) is 16.1 Å². The molecule has 0 bridgehead atoms. The molecule has 0 radical (unpaired) electrons. The maximum atomic E-state index is 13.1. The fraction of sp³-hybridized carbons (Fsp3) is 0.500. The molecular weight excluding hydrogens is 252 g/mol. The smallest absolute Gasteiger partial charge is 0.309 e. The van der Waals surface area contributed by atoms with E-state index in [1.165, 1.54) is 19.2 Å². The average molecular weight is 269 g/mol. The van der Waals surface area contributed by atoms with Gasteiger partial charge in [-0.3, -0.25) is 9.69 Å². The summed E-state index contributed by atoms with van der Waals surface area (Å²) in [6, 6.07) is 3.51. The fourth-order valence-electron chi connectivity index (χ4n) is 2.52. The van der Waals surface area contributed by atoms with E-state index < -0.39 is 11.6 Å². The third kappa shape index (κ3) is 3.73. The van der Waals surface area contributed by atoms with Crippen LogP contribution in [0.5, 0.6) is 0 Å². The van der Waals surface area contributed by atoms with Gasteiger partial charge >= 0.3 is 5.97 Å². The normalized spacial score (nSPS) is 20.3. The Morgan fingerprint density at radius 3 is 2.68 bits per heavy atom. The van der Waals surface area contributed by atoms with Crippen molar-refractivity contribution in [1.82, 2.24) is 4.90 Å². The van der Waals surface area contributed by atoms with E-state index in [2.05, 4.69) is 0 Å². The van der Waals surface area contributed by atoms with Crippen molar-refractivity contribution in [3.05, 3.63) is 35.4 Å². The Morgan fingerprint density at radius 1 is 1.37 bits per heavy atom. The highest BCUT2D eigenvalue weighted by Crippen LogP contribution is 2.20. The quantitative estimate of drug-likeness (QED) is 0.789. The molecule has 1 aromatic rings. The van der Waals surface area contributed by atoms with Crippen molar-refractivity contribution >= 4 is 5.97 Å². The largest absolute Gasteiger partial charge is 0.469 e. The molecule has 0 amide bonds. The zero-order valence-corrected chi connectivity index (χ0v) is 10.9. The first-order chi connectivity index (χ1) is 9.08. The second kappa shape index (κ2) is 6.10. The van der Waals surface area contributed by atoms with Crippen LogP contribution in [0.15, 0.2) is 18.2 Å². The first-order valence-electron chi connectivity index (χ1n) is 6.33. The molecule has 1 atom stereocenters. The highest BCUT2D eigenvalue weighted by atomic mass is 19.1. The molecule has 0 unspecified atom stereocenters. The van der Waals surface area contributed by atoms with Gasteiger partial charge in [0.05, 0.1) is 13.0 Å². The van der Waals surface area contributed by atoms with Crippen LogP contribution in [0.25, 0.3) is 0 Å². The van der Waals surface area contributed by atoms with Gasteiger partial charge in [-0.2, -0.15) is 0 Å². The molecule has 104 valence electrons. The second-order valence-corrected chi connectivity index (χ2v) is 4.88. The summed E-state index contributed by atoms with van der Waals surface area (Å²) in [6.45, 7) is 1.85. The van der Waals surface area contributed by atoms with Crippen LogP contribution in [-0.4, -0.2) is 31.1 Å². The van der Waals surface area contributed by atoms with Gasteiger partial charge in [0.1, 0.15) is 11.6 Å². The monoisotopic (exact) mass is 269 g/mol. The molecule has 5 heteroatoms. The van der Waals surface area contributed by atoms with E-state index in [9.17, 15) is 13.6 Å². The number of esters is 1. The van der Waals surface area contributed by atoms with Gasteiger partial charge in [0.2, 0.25) is 0 Å². The van der Waals surface area contributed by atoms with Crippen LogP contribution in [0.3, 0.4) is 0 Å². The lowest BCUT2D eigenvalue weighted by atomic mass is 9.98. The average Bonchev–Trinajstić information content (AvgIpc) is 2.37. The van der Waals surface area contributed by atoms with Gasteiger partial charge in [0.15, 0.2) is 0 Å². The van der Waals surface area contributed by atoms with E-state index in [0.29, 0.717) is 18.7 Å². The number of benzene rings is 1. The van der Waals surface area contributed by atoms with E-state index >= 15 is 0 Å². The maximum Gasteiger partial charge on any atom is 0.309 e. The zero-order chi connectivity index (χ0) is 13.8. The van der Waals surface area contributed by atoms with Crippen LogP contribution in [0.2, 0.25) is 0 Å². The number of hydrogen-bond acceptors (Lipinski definition) is 3. The van der Waals surface area contributed by atoms with Crippen molar-refractivity contribution < 1.29 is 18.3 Å². The summed E-state index contributed by atoms with van der Waals surface area (Å²) in [6.07, 6.45) is 1.69. The van der Waals surface area contributed by atoms with Crippen LogP contribution in [0.4, 0.5) is 8.78 Å². The first-order valence-corrected chi connectivity index (χ1v) is 6.33. The Kier molecular flexibility index (Phi) is 4.47. The van der Waals surface area contributed by atoms with Gasteiger partial charge in [-0.25, -0.2) is 8.78 Å². The fourth-order valence-corrected chi connectivity index (χ4v) is 2.52. The van der Waals surface area contributed by atoms with Crippen molar-refractivity contribution in [1.29, 1.82) is 0 Å². The van der Waals surface area contributed by atoms with Crippen molar-refractivity contribution in [2.24, 2.45) is 5.92 Å². The number of ether oxygens (including phenoxy) is 1. The number of methoxy groups -OCH3 is 1. The number of nitrogens with zero attached hydrogens (tertiary/aromatic N) is 1.